The molecule has 23 heavy (non-hydrogen) atoms. The molecule has 0 saturated carbocycles. The van der Waals surface area contributed by atoms with Gasteiger partial charge in [-0.2, -0.15) is 0 Å². The zero-order valence-electron chi connectivity index (χ0n) is 12.2. The highest BCUT2D eigenvalue weighted by Crippen LogP contribution is 2.10. The molecule has 1 N–H and O–H groups in total. The Morgan fingerprint density at radius 2 is 2.26 bits per heavy atom. The van der Waals surface area contributed by atoms with Crippen LogP contribution in [-0.4, -0.2) is 27.4 Å². The smallest absolute Gasteiger partial charge is 0.261 e. The van der Waals surface area contributed by atoms with Gasteiger partial charge in [0.25, 0.3) is 5.56 Å². The Morgan fingerprint density at radius 3 is 3.04 bits per heavy atom. The Bertz CT molecular complexity index is 848. The van der Waals surface area contributed by atoms with Gasteiger partial charge in [-0.15, -0.1) is 11.3 Å². The van der Waals surface area contributed by atoms with Crippen LogP contribution < -0.4 is 5.56 Å². The van der Waals surface area contributed by atoms with Crippen LogP contribution in [0.5, 0.6) is 0 Å². The highest BCUT2D eigenvalue weighted by Gasteiger charge is 2.10. The fourth-order valence-electron chi connectivity index (χ4n) is 2.23. The normalized spacial score (nSPS) is 12.6. The van der Waals surface area contributed by atoms with Crippen LogP contribution in [0.15, 0.2) is 46.8 Å². The van der Waals surface area contributed by atoms with Gasteiger partial charge < -0.3 is 9.84 Å². The standard InChI is InChI=1S/C16H15FN2O3S/c17-11-3-4-14-15(6-11)18-10-19(16(14)21)7-12(20)8-22-9-13-2-1-5-23-13/h1-6,10,12,20H,7-9H2/t12-/m1/s1. The summed E-state index contributed by atoms with van der Waals surface area (Å²) in [5.74, 6) is -0.441. The second-order valence-electron chi connectivity index (χ2n) is 5.11. The van der Waals surface area contributed by atoms with Crippen molar-refractivity contribution in [3.63, 3.8) is 0 Å². The number of ether oxygens (including phenoxy) is 1. The number of aromatic nitrogens is 2. The van der Waals surface area contributed by atoms with E-state index in [0.29, 0.717) is 17.5 Å². The van der Waals surface area contributed by atoms with E-state index in [1.54, 1.807) is 11.3 Å². The first kappa shape index (κ1) is 15.8. The van der Waals surface area contributed by atoms with E-state index in [1.165, 1.54) is 29.1 Å². The third-order valence-corrected chi connectivity index (χ3v) is 4.18. The van der Waals surface area contributed by atoms with Crippen LogP contribution in [0.2, 0.25) is 0 Å². The quantitative estimate of drug-likeness (QED) is 0.750. The number of hydrogen-bond donors (Lipinski definition) is 1. The molecular weight excluding hydrogens is 319 g/mol. The molecule has 5 nitrogen and oxygen atoms in total. The highest BCUT2D eigenvalue weighted by atomic mass is 32.1. The lowest BCUT2D eigenvalue weighted by Gasteiger charge is -2.13. The van der Waals surface area contributed by atoms with E-state index >= 15 is 0 Å². The lowest BCUT2D eigenvalue weighted by Crippen LogP contribution is -2.29. The third-order valence-electron chi connectivity index (χ3n) is 3.33. The Kier molecular flexibility index (Phi) is 4.80. The van der Waals surface area contributed by atoms with E-state index in [4.69, 9.17) is 4.74 Å². The number of aliphatic hydroxyl groups excluding tert-OH is 1. The van der Waals surface area contributed by atoms with Gasteiger partial charge in [0.05, 0.1) is 43.1 Å². The average molecular weight is 334 g/mol. The van der Waals surface area contributed by atoms with Gasteiger partial charge in [0, 0.05) is 10.9 Å². The maximum atomic E-state index is 13.1. The molecule has 3 rings (SSSR count). The Balaban J connectivity index is 1.65. The monoisotopic (exact) mass is 334 g/mol. The van der Waals surface area contributed by atoms with Crippen LogP contribution in [0.25, 0.3) is 10.9 Å². The second kappa shape index (κ2) is 6.99. The number of thiophene rings is 1. The van der Waals surface area contributed by atoms with Gasteiger partial charge in [-0.3, -0.25) is 9.36 Å². The minimum absolute atomic E-state index is 0.0730. The molecule has 0 aliphatic rings. The number of rotatable bonds is 6. The Hall–Kier alpha value is -2.09. The molecule has 0 amide bonds. The van der Waals surface area contributed by atoms with Gasteiger partial charge in [0.15, 0.2) is 0 Å². The van der Waals surface area contributed by atoms with Crippen molar-refractivity contribution in [3.05, 3.63) is 63.1 Å². The van der Waals surface area contributed by atoms with Crippen molar-refractivity contribution in [2.45, 2.75) is 19.3 Å². The molecule has 1 aromatic carbocycles. The van der Waals surface area contributed by atoms with E-state index in [0.717, 1.165) is 4.88 Å². The minimum Gasteiger partial charge on any atom is -0.389 e. The van der Waals surface area contributed by atoms with Gasteiger partial charge >= 0.3 is 0 Å². The van der Waals surface area contributed by atoms with Crippen molar-refractivity contribution in [1.29, 1.82) is 0 Å². The van der Waals surface area contributed by atoms with Gasteiger partial charge in [-0.1, -0.05) is 6.07 Å². The summed E-state index contributed by atoms with van der Waals surface area (Å²) in [5.41, 5.74) is -0.0120. The van der Waals surface area contributed by atoms with Gasteiger partial charge in [-0.05, 0) is 23.6 Å². The van der Waals surface area contributed by atoms with Crippen LogP contribution in [-0.2, 0) is 17.9 Å². The fourth-order valence-corrected chi connectivity index (χ4v) is 2.87. The fraction of sp³-hybridized carbons (Fsp3) is 0.250. The lowest BCUT2D eigenvalue weighted by molar-refractivity contribution is 0.0207. The molecule has 0 aliphatic heterocycles. The van der Waals surface area contributed by atoms with Gasteiger partial charge in [0.2, 0.25) is 0 Å². The number of nitrogens with zero attached hydrogens (tertiary/aromatic N) is 2. The maximum absolute atomic E-state index is 13.1. The average Bonchev–Trinajstić information content (AvgIpc) is 3.03. The van der Waals surface area contributed by atoms with E-state index in [1.807, 2.05) is 17.5 Å². The van der Waals surface area contributed by atoms with E-state index in [9.17, 15) is 14.3 Å². The number of benzene rings is 1. The van der Waals surface area contributed by atoms with Crippen molar-refractivity contribution >= 4 is 22.2 Å². The van der Waals surface area contributed by atoms with Crippen LogP contribution in [0.1, 0.15) is 4.88 Å². The molecule has 7 heteroatoms. The SMILES string of the molecule is O=c1c2ccc(F)cc2ncn1C[C@@H](O)COCc1cccs1. The number of aliphatic hydroxyl groups is 1. The lowest BCUT2D eigenvalue weighted by atomic mass is 10.2. The van der Waals surface area contributed by atoms with E-state index in [2.05, 4.69) is 4.98 Å². The van der Waals surface area contributed by atoms with Crippen molar-refractivity contribution in [2.75, 3.05) is 6.61 Å². The molecule has 3 aromatic rings. The van der Waals surface area contributed by atoms with Crippen LogP contribution in [0.4, 0.5) is 4.39 Å². The Morgan fingerprint density at radius 1 is 1.39 bits per heavy atom. The first-order valence-corrected chi connectivity index (χ1v) is 7.94. The van der Waals surface area contributed by atoms with Crippen molar-refractivity contribution in [3.8, 4) is 0 Å². The molecule has 0 fully saturated rings. The molecule has 1 atom stereocenters. The molecule has 0 aliphatic carbocycles. The summed E-state index contributed by atoms with van der Waals surface area (Å²) in [6.07, 6.45) is 0.486. The maximum Gasteiger partial charge on any atom is 0.261 e. The molecule has 0 radical (unpaired) electrons. The highest BCUT2D eigenvalue weighted by molar-refractivity contribution is 7.09. The van der Waals surface area contributed by atoms with Gasteiger partial charge in [-0.25, -0.2) is 9.37 Å². The van der Waals surface area contributed by atoms with Crippen LogP contribution in [0, 0.1) is 5.82 Å². The number of hydrogen-bond acceptors (Lipinski definition) is 5. The molecular formula is C16H15FN2O3S. The molecule has 120 valence electrons. The van der Waals surface area contributed by atoms with Crippen LogP contribution in [0.3, 0.4) is 0 Å². The second-order valence-corrected chi connectivity index (χ2v) is 6.14. The molecule has 2 heterocycles. The summed E-state index contributed by atoms with van der Waals surface area (Å²) in [7, 11) is 0. The number of fused-ring (bicyclic) bond motifs is 1. The summed E-state index contributed by atoms with van der Waals surface area (Å²) >= 11 is 1.58. The molecule has 2 aromatic heterocycles. The van der Waals surface area contributed by atoms with E-state index in [-0.39, 0.29) is 18.7 Å². The topological polar surface area (TPSA) is 64.4 Å². The van der Waals surface area contributed by atoms with Crippen LogP contribution >= 0.6 is 11.3 Å². The van der Waals surface area contributed by atoms with Crippen molar-refractivity contribution < 1.29 is 14.2 Å². The van der Waals surface area contributed by atoms with E-state index < -0.39 is 11.9 Å². The minimum atomic E-state index is -0.827. The zero-order chi connectivity index (χ0) is 16.2. The summed E-state index contributed by atoms with van der Waals surface area (Å²) in [5, 5.41) is 12.3. The molecule has 0 spiro atoms. The summed E-state index contributed by atoms with van der Waals surface area (Å²) < 4.78 is 19.9. The summed E-state index contributed by atoms with van der Waals surface area (Å²) in [6, 6.07) is 7.71. The van der Waals surface area contributed by atoms with Crippen molar-refractivity contribution in [2.24, 2.45) is 0 Å². The molecule has 0 bridgehead atoms. The Labute approximate surface area is 135 Å². The summed E-state index contributed by atoms with van der Waals surface area (Å²) in [6.45, 7) is 0.619. The van der Waals surface area contributed by atoms with Gasteiger partial charge in [0.1, 0.15) is 5.82 Å². The summed E-state index contributed by atoms with van der Waals surface area (Å²) in [4.78, 5) is 17.4. The molecule has 0 saturated heterocycles. The first-order valence-electron chi connectivity index (χ1n) is 7.06. The number of halogens is 1. The predicted molar refractivity (Wildman–Crippen MR) is 85.9 cm³/mol. The zero-order valence-corrected chi connectivity index (χ0v) is 13.0. The third kappa shape index (κ3) is 3.82. The van der Waals surface area contributed by atoms with Crippen molar-refractivity contribution in [1.82, 2.24) is 9.55 Å². The predicted octanol–water partition coefficient (Wildman–Crippen LogP) is 2.17. The largest absolute Gasteiger partial charge is 0.389 e. The first-order chi connectivity index (χ1) is 11.1. The molecule has 0 unspecified atom stereocenters.